The fourth-order valence-electron chi connectivity index (χ4n) is 2.68. The van der Waals surface area contributed by atoms with Crippen LogP contribution in [0.1, 0.15) is 43.0 Å². The monoisotopic (exact) mass is 248 g/mol. The number of rotatable bonds is 5. The van der Waals surface area contributed by atoms with Crippen molar-refractivity contribution in [2.24, 2.45) is 0 Å². The van der Waals surface area contributed by atoms with Gasteiger partial charge >= 0.3 is 0 Å². The largest absolute Gasteiger partial charge is 0.495 e. The molecular formula is C14H20N2O2. The lowest BCUT2D eigenvalue weighted by molar-refractivity contribution is 0.0857. The van der Waals surface area contributed by atoms with Crippen molar-refractivity contribution < 1.29 is 9.53 Å². The molecule has 1 aliphatic heterocycles. The first kappa shape index (κ1) is 13.0. The molecule has 0 bridgehead atoms. The molecule has 1 aromatic rings. The number of ether oxygens (including phenoxy) is 1. The van der Waals surface area contributed by atoms with Gasteiger partial charge in [0.05, 0.1) is 18.8 Å². The number of nitrogens with zero attached hydrogens (tertiary/aromatic N) is 1. The predicted molar refractivity (Wildman–Crippen MR) is 70.0 cm³/mol. The first-order valence-corrected chi connectivity index (χ1v) is 6.51. The Kier molecular flexibility index (Phi) is 3.97. The number of carbonyl (C=O) groups excluding carboxylic acids is 1. The van der Waals surface area contributed by atoms with E-state index < -0.39 is 0 Å². The van der Waals surface area contributed by atoms with Crippen LogP contribution >= 0.6 is 0 Å². The quantitative estimate of drug-likeness (QED) is 0.812. The summed E-state index contributed by atoms with van der Waals surface area (Å²) in [5.74, 6) is 0.777. The summed E-state index contributed by atoms with van der Waals surface area (Å²) in [4.78, 5) is 16.7. The molecule has 2 heterocycles. The Morgan fingerprint density at radius 3 is 3.00 bits per heavy atom. The Morgan fingerprint density at radius 1 is 1.56 bits per heavy atom. The molecule has 1 unspecified atom stereocenters. The smallest absolute Gasteiger partial charge is 0.184 e. The Labute approximate surface area is 108 Å². The van der Waals surface area contributed by atoms with Crippen LogP contribution in [0.5, 0.6) is 5.75 Å². The molecule has 4 nitrogen and oxygen atoms in total. The summed E-state index contributed by atoms with van der Waals surface area (Å²) < 4.78 is 5.13. The van der Waals surface area contributed by atoms with Gasteiger partial charge in [-0.25, -0.2) is 0 Å². The van der Waals surface area contributed by atoms with Crippen molar-refractivity contribution in [3.05, 3.63) is 24.0 Å². The molecule has 2 rings (SSSR count). The normalized spacial score (nSPS) is 23.0. The van der Waals surface area contributed by atoms with E-state index >= 15 is 0 Å². The van der Waals surface area contributed by atoms with Gasteiger partial charge in [-0.1, -0.05) is 13.3 Å². The maximum absolute atomic E-state index is 12.7. The van der Waals surface area contributed by atoms with Gasteiger partial charge in [0.25, 0.3) is 0 Å². The average Bonchev–Trinajstić information content (AvgIpc) is 2.88. The zero-order valence-electron chi connectivity index (χ0n) is 11.0. The van der Waals surface area contributed by atoms with E-state index in [2.05, 4.69) is 17.2 Å². The maximum Gasteiger partial charge on any atom is 0.184 e. The molecule has 1 saturated heterocycles. The second-order valence-electron chi connectivity index (χ2n) is 4.81. The predicted octanol–water partition coefficient (Wildman–Crippen LogP) is 2.20. The van der Waals surface area contributed by atoms with Crippen molar-refractivity contribution in [1.82, 2.24) is 10.3 Å². The van der Waals surface area contributed by atoms with Gasteiger partial charge in [-0.05, 0) is 31.9 Å². The number of carbonyl (C=O) groups is 1. The van der Waals surface area contributed by atoms with Crippen LogP contribution in [-0.2, 0) is 0 Å². The molecular weight excluding hydrogens is 228 g/mol. The number of nitrogens with one attached hydrogen (secondary N) is 1. The summed E-state index contributed by atoms with van der Waals surface area (Å²) in [5, 5.41) is 3.39. The highest BCUT2D eigenvalue weighted by molar-refractivity contribution is 6.03. The summed E-state index contributed by atoms with van der Waals surface area (Å²) in [5.41, 5.74) is 0.250. The van der Waals surface area contributed by atoms with Crippen LogP contribution < -0.4 is 10.1 Å². The van der Waals surface area contributed by atoms with Crippen LogP contribution in [0.2, 0.25) is 0 Å². The fourth-order valence-corrected chi connectivity index (χ4v) is 2.68. The molecule has 1 atom stereocenters. The average molecular weight is 248 g/mol. The molecule has 0 radical (unpaired) electrons. The lowest BCUT2D eigenvalue weighted by Gasteiger charge is -2.27. The van der Waals surface area contributed by atoms with Gasteiger partial charge in [0.15, 0.2) is 5.78 Å². The number of Topliss-reactive ketones (excluding diaryl/α,β-unsaturated/α-hetero) is 1. The van der Waals surface area contributed by atoms with Crippen molar-refractivity contribution in [3.63, 3.8) is 0 Å². The summed E-state index contributed by atoms with van der Waals surface area (Å²) in [6, 6.07) is 1.77. The number of hydrogen-bond acceptors (Lipinski definition) is 4. The highest BCUT2D eigenvalue weighted by Gasteiger charge is 2.40. The summed E-state index contributed by atoms with van der Waals surface area (Å²) in [6.07, 6.45) is 7.09. The number of hydrogen-bond donors (Lipinski definition) is 1. The molecule has 0 spiro atoms. The highest BCUT2D eigenvalue weighted by Crippen LogP contribution is 2.29. The molecule has 1 N–H and O–H groups in total. The van der Waals surface area contributed by atoms with Gasteiger partial charge in [-0.3, -0.25) is 9.78 Å². The minimum absolute atomic E-state index is 0.147. The van der Waals surface area contributed by atoms with E-state index in [-0.39, 0.29) is 11.3 Å². The zero-order chi connectivity index (χ0) is 13.0. The number of methoxy groups -OCH3 is 1. The number of aromatic nitrogens is 1. The number of ketones is 1. The lowest BCUT2D eigenvalue weighted by Crippen LogP contribution is -2.47. The minimum Gasteiger partial charge on any atom is -0.495 e. The summed E-state index contributed by atoms with van der Waals surface area (Å²) in [6.45, 7) is 3.03. The summed E-state index contributed by atoms with van der Waals surface area (Å²) in [7, 11) is 1.58. The van der Waals surface area contributed by atoms with Crippen molar-refractivity contribution in [2.45, 2.75) is 38.1 Å². The van der Waals surface area contributed by atoms with Crippen LogP contribution in [-0.4, -0.2) is 30.0 Å². The third kappa shape index (κ3) is 2.38. The van der Waals surface area contributed by atoms with Gasteiger partial charge in [0.1, 0.15) is 5.75 Å². The SMILES string of the molecule is CCCC1(C(=O)c2cncc(OC)c2)CCCN1. The van der Waals surface area contributed by atoms with Crippen molar-refractivity contribution in [3.8, 4) is 5.75 Å². The number of pyridine rings is 1. The molecule has 0 aromatic carbocycles. The van der Waals surface area contributed by atoms with E-state index in [1.54, 1.807) is 25.6 Å². The van der Waals surface area contributed by atoms with Gasteiger partial charge in [0, 0.05) is 11.8 Å². The Balaban J connectivity index is 2.27. The van der Waals surface area contributed by atoms with Crippen molar-refractivity contribution >= 4 is 5.78 Å². The Hall–Kier alpha value is -1.42. The van der Waals surface area contributed by atoms with E-state index in [1.807, 2.05) is 0 Å². The third-order valence-electron chi connectivity index (χ3n) is 3.57. The van der Waals surface area contributed by atoms with Gasteiger partial charge in [-0.15, -0.1) is 0 Å². The summed E-state index contributed by atoms with van der Waals surface area (Å²) >= 11 is 0. The van der Waals surface area contributed by atoms with Crippen LogP contribution in [0.4, 0.5) is 0 Å². The van der Waals surface area contributed by atoms with E-state index in [9.17, 15) is 4.79 Å². The van der Waals surface area contributed by atoms with E-state index in [4.69, 9.17) is 4.74 Å². The Bertz CT molecular complexity index is 426. The van der Waals surface area contributed by atoms with Crippen molar-refractivity contribution in [2.75, 3.05) is 13.7 Å². The van der Waals surface area contributed by atoms with Crippen LogP contribution in [0, 0.1) is 0 Å². The lowest BCUT2D eigenvalue weighted by atomic mass is 9.84. The topological polar surface area (TPSA) is 51.2 Å². The Morgan fingerprint density at radius 2 is 2.39 bits per heavy atom. The van der Waals surface area contributed by atoms with Crippen molar-refractivity contribution in [1.29, 1.82) is 0 Å². The fraction of sp³-hybridized carbons (Fsp3) is 0.571. The second-order valence-corrected chi connectivity index (χ2v) is 4.81. The molecule has 0 saturated carbocycles. The maximum atomic E-state index is 12.7. The second kappa shape index (κ2) is 5.48. The van der Waals surface area contributed by atoms with Gasteiger partial charge in [-0.2, -0.15) is 0 Å². The van der Waals surface area contributed by atoms with E-state index in [0.29, 0.717) is 11.3 Å². The molecule has 1 fully saturated rings. The standard InChI is InChI=1S/C14H20N2O2/c1-3-5-14(6-4-7-16-14)13(17)11-8-12(18-2)10-15-9-11/h8-10,16H,3-7H2,1-2H3. The zero-order valence-corrected chi connectivity index (χ0v) is 11.0. The molecule has 0 aliphatic carbocycles. The first-order chi connectivity index (χ1) is 8.72. The molecule has 1 aromatic heterocycles. The van der Waals surface area contributed by atoms with E-state index in [0.717, 1.165) is 32.2 Å². The molecule has 18 heavy (non-hydrogen) atoms. The van der Waals surface area contributed by atoms with Gasteiger partial charge in [0.2, 0.25) is 0 Å². The minimum atomic E-state index is -0.386. The van der Waals surface area contributed by atoms with Crippen LogP contribution in [0.25, 0.3) is 0 Å². The van der Waals surface area contributed by atoms with Crippen LogP contribution in [0.3, 0.4) is 0 Å². The first-order valence-electron chi connectivity index (χ1n) is 6.51. The van der Waals surface area contributed by atoms with E-state index in [1.165, 1.54) is 0 Å². The van der Waals surface area contributed by atoms with Gasteiger partial charge < -0.3 is 10.1 Å². The third-order valence-corrected chi connectivity index (χ3v) is 3.57. The molecule has 0 amide bonds. The molecule has 4 heteroatoms. The molecule has 1 aliphatic rings. The van der Waals surface area contributed by atoms with Crippen LogP contribution in [0.15, 0.2) is 18.5 Å². The molecule has 98 valence electrons. The highest BCUT2D eigenvalue weighted by atomic mass is 16.5.